The lowest BCUT2D eigenvalue weighted by atomic mass is 10.1. The molecule has 0 fully saturated rings. The summed E-state index contributed by atoms with van der Waals surface area (Å²) in [6.07, 6.45) is 0. The lowest BCUT2D eigenvalue weighted by Crippen LogP contribution is -1.87. The molecule has 0 aliphatic heterocycles. The maximum atomic E-state index is 5.87. The van der Waals surface area contributed by atoms with Crippen molar-refractivity contribution in [3.8, 4) is 22.8 Å². The van der Waals surface area contributed by atoms with Crippen molar-refractivity contribution >= 4 is 11.6 Å². The molecule has 4 heteroatoms. The lowest BCUT2D eigenvalue weighted by Gasteiger charge is -2.06. The number of hydrogen-bond donors (Lipinski definition) is 0. The van der Waals surface area contributed by atoms with Gasteiger partial charge in [-0.25, -0.2) is 0 Å². The molecule has 0 atom stereocenters. The van der Waals surface area contributed by atoms with Crippen LogP contribution < -0.4 is 4.74 Å². The number of aromatic nitrogens is 1. The van der Waals surface area contributed by atoms with E-state index in [-0.39, 0.29) is 0 Å². The molecule has 0 bridgehead atoms. The normalized spacial score (nSPS) is 10.5. The van der Waals surface area contributed by atoms with Gasteiger partial charge < -0.3 is 9.26 Å². The zero-order valence-electron chi connectivity index (χ0n) is 10.8. The second-order valence-electron chi connectivity index (χ2n) is 4.34. The molecule has 0 aliphatic rings. The Morgan fingerprint density at radius 2 is 1.70 bits per heavy atom. The molecule has 2 aromatic carbocycles. The van der Waals surface area contributed by atoms with Crippen LogP contribution >= 0.6 is 11.6 Å². The number of nitrogens with zero attached hydrogens (tertiary/aromatic N) is 1. The number of aryl methyl sites for hydroxylation is 1. The van der Waals surface area contributed by atoms with Gasteiger partial charge in [-0.3, -0.25) is 0 Å². The highest BCUT2D eigenvalue weighted by molar-refractivity contribution is 6.30. The van der Waals surface area contributed by atoms with E-state index < -0.39 is 0 Å². The molecule has 0 amide bonds. The van der Waals surface area contributed by atoms with Gasteiger partial charge in [0.25, 0.3) is 0 Å². The largest absolute Gasteiger partial charge is 0.451 e. The second kappa shape index (κ2) is 5.39. The Bertz CT molecular complexity index is 705. The van der Waals surface area contributed by atoms with Gasteiger partial charge in [-0.15, -0.1) is 0 Å². The first kappa shape index (κ1) is 12.8. The minimum Gasteiger partial charge on any atom is -0.451 e. The topological polar surface area (TPSA) is 35.3 Å². The van der Waals surface area contributed by atoms with Crippen LogP contribution in [0.15, 0.2) is 59.1 Å². The summed E-state index contributed by atoms with van der Waals surface area (Å²) in [5.41, 5.74) is 1.64. The van der Waals surface area contributed by atoms with E-state index in [2.05, 4.69) is 5.16 Å². The van der Waals surface area contributed by atoms with Gasteiger partial charge in [0.2, 0.25) is 0 Å². The average molecular weight is 286 g/mol. The second-order valence-corrected chi connectivity index (χ2v) is 4.77. The Kier molecular flexibility index (Phi) is 3.44. The van der Waals surface area contributed by atoms with E-state index in [0.717, 1.165) is 5.56 Å². The van der Waals surface area contributed by atoms with Gasteiger partial charge in [0.15, 0.2) is 17.2 Å². The molecule has 100 valence electrons. The third-order valence-electron chi connectivity index (χ3n) is 2.89. The van der Waals surface area contributed by atoms with Crippen molar-refractivity contribution in [1.29, 1.82) is 0 Å². The highest BCUT2D eigenvalue weighted by atomic mass is 35.5. The summed E-state index contributed by atoms with van der Waals surface area (Å²) in [6.45, 7) is 1.82. The fourth-order valence-corrected chi connectivity index (χ4v) is 2.01. The van der Waals surface area contributed by atoms with Crippen LogP contribution in [-0.2, 0) is 0 Å². The minimum atomic E-state index is 0.624. The first-order valence-electron chi connectivity index (χ1n) is 6.19. The van der Waals surface area contributed by atoms with Crippen molar-refractivity contribution in [2.75, 3.05) is 0 Å². The Morgan fingerprint density at radius 1 is 1.00 bits per heavy atom. The molecular formula is C16H12ClNO2. The van der Waals surface area contributed by atoms with Gasteiger partial charge in [0, 0.05) is 17.5 Å². The lowest BCUT2D eigenvalue weighted by molar-refractivity contribution is 0.387. The van der Waals surface area contributed by atoms with Gasteiger partial charge in [0.1, 0.15) is 5.75 Å². The molecule has 0 radical (unpaired) electrons. The van der Waals surface area contributed by atoms with Gasteiger partial charge in [0.05, 0.1) is 0 Å². The molecule has 3 nitrogen and oxygen atoms in total. The van der Waals surface area contributed by atoms with Crippen LogP contribution in [0.3, 0.4) is 0 Å². The molecule has 0 saturated carbocycles. The molecule has 0 N–H and O–H groups in total. The summed E-state index contributed by atoms with van der Waals surface area (Å²) in [4.78, 5) is 0. The van der Waals surface area contributed by atoms with Crippen molar-refractivity contribution < 1.29 is 9.26 Å². The standard InChI is InChI=1S/C16H12ClNO2/c1-11-16(19-14-9-7-13(17)8-10-14)15(18-20-11)12-5-3-2-4-6-12/h2-10H,1H3. The van der Waals surface area contributed by atoms with Gasteiger partial charge in [-0.1, -0.05) is 47.1 Å². The zero-order valence-corrected chi connectivity index (χ0v) is 11.6. The Hall–Kier alpha value is -2.26. The minimum absolute atomic E-state index is 0.624. The summed E-state index contributed by atoms with van der Waals surface area (Å²) in [5, 5.41) is 4.74. The summed E-state index contributed by atoms with van der Waals surface area (Å²) in [6, 6.07) is 17.0. The number of halogens is 1. The summed E-state index contributed by atoms with van der Waals surface area (Å²) in [7, 11) is 0. The molecule has 1 heterocycles. The highest BCUT2D eigenvalue weighted by Gasteiger charge is 2.16. The van der Waals surface area contributed by atoms with Crippen molar-refractivity contribution in [3.05, 3.63) is 65.4 Å². The molecule has 0 spiro atoms. The Balaban J connectivity index is 1.97. The van der Waals surface area contributed by atoms with Gasteiger partial charge in [-0.05, 0) is 24.3 Å². The number of hydrogen-bond acceptors (Lipinski definition) is 3. The van der Waals surface area contributed by atoms with Crippen molar-refractivity contribution in [2.24, 2.45) is 0 Å². The number of ether oxygens (including phenoxy) is 1. The summed E-state index contributed by atoms with van der Waals surface area (Å²) < 4.78 is 11.1. The number of rotatable bonds is 3. The third kappa shape index (κ3) is 2.53. The SMILES string of the molecule is Cc1onc(-c2ccccc2)c1Oc1ccc(Cl)cc1. The van der Waals surface area contributed by atoms with E-state index in [1.807, 2.05) is 49.4 Å². The van der Waals surface area contributed by atoms with Crippen LogP contribution in [0.4, 0.5) is 0 Å². The van der Waals surface area contributed by atoms with Crippen molar-refractivity contribution in [2.45, 2.75) is 6.92 Å². The quantitative estimate of drug-likeness (QED) is 0.672. The van der Waals surface area contributed by atoms with Crippen LogP contribution in [0.25, 0.3) is 11.3 Å². The first-order chi connectivity index (χ1) is 9.74. The van der Waals surface area contributed by atoms with E-state index in [1.165, 1.54) is 0 Å². The summed E-state index contributed by atoms with van der Waals surface area (Å²) >= 11 is 5.87. The predicted octanol–water partition coefficient (Wildman–Crippen LogP) is 5.10. The molecule has 0 unspecified atom stereocenters. The molecule has 1 aromatic heterocycles. The van der Waals surface area contributed by atoms with Crippen molar-refractivity contribution in [3.63, 3.8) is 0 Å². The fraction of sp³-hybridized carbons (Fsp3) is 0.0625. The van der Waals surface area contributed by atoms with Gasteiger partial charge >= 0.3 is 0 Å². The van der Waals surface area contributed by atoms with E-state index in [1.54, 1.807) is 12.1 Å². The van der Waals surface area contributed by atoms with Crippen LogP contribution in [0.2, 0.25) is 5.02 Å². The van der Waals surface area contributed by atoms with E-state index in [9.17, 15) is 0 Å². The zero-order chi connectivity index (χ0) is 13.9. The van der Waals surface area contributed by atoms with E-state index in [0.29, 0.717) is 28.0 Å². The summed E-state index contributed by atoms with van der Waals surface area (Å²) in [5.74, 6) is 1.95. The van der Waals surface area contributed by atoms with Crippen LogP contribution in [0.5, 0.6) is 11.5 Å². The molecule has 3 rings (SSSR count). The van der Waals surface area contributed by atoms with E-state index >= 15 is 0 Å². The fourth-order valence-electron chi connectivity index (χ4n) is 1.88. The van der Waals surface area contributed by atoms with E-state index in [4.69, 9.17) is 20.9 Å². The Labute approximate surface area is 121 Å². The molecular weight excluding hydrogens is 274 g/mol. The smallest absolute Gasteiger partial charge is 0.197 e. The number of benzene rings is 2. The van der Waals surface area contributed by atoms with Crippen LogP contribution in [0.1, 0.15) is 5.76 Å². The maximum Gasteiger partial charge on any atom is 0.197 e. The molecule has 0 aliphatic carbocycles. The average Bonchev–Trinajstić information content (AvgIpc) is 2.84. The van der Waals surface area contributed by atoms with Crippen molar-refractivity contribution in [1.82, 2.24) is 5.16 Å². The Morgan fingerprint density at radius 3 is 2.40 bits per heavy atom. The molecule has 0 saturated heterocycles. The predicted molar refractivity (Wildman–Crippen MR) is 78.2 cm³/mol. The maximum absolute atomic E-state index is 5.87. The monoisotopic (exact) mass is 285 g/mol. The highest BCUT2D eigenvalue weighted by Crippen LogP contribution is 2.35. The third-order valence-corrected chi connectivity index (χ3v) is 3.14. The van der Waals surface area contributed by atoms with Gasteiger partial charge in [-0.2, -0.15) is 0 Å². The van der Waals surface area contributed by atoms with Crippen LogP contribution in [-0.4, -0.2) is 5.16 Å². The first-order valence-corrected chi connectivity index (χ1v) is 6.57. The molecule has 20 heavy (non-hydrogen) atoms. The van der Waals surface area contributed by atoms with Crippen LogP contribution in [0, 0.1) is 6.92 Å². The molecule has 3 aromatic rings.